The molecule has 2 heterocycles. The largest absolute Gasteiger partial charge is 0.366 e. The molecule has 0 bridgehead atoms. The van der Waals surface area contributed by atoms with E-state index in [9.17, 15) is 14.4 Å². The van der Waals surface area contributed by atoms with Crippen LogP contribution in [0.1, 0.15) is 32.4 Å². The molecule has 8 nitrogen and oxygen atoms in total. The second-order valence-corrected chi connectivity index (χ2v) is 4.92. The Bertz CT molecular complexity index is 763. The number of benzene rings is 1. The number of aromatic nitrogens is 2. The maximum atomic E-state index is 12.3. The van der Waals surface area contributed by atoms with Crippen LogP contribution in [0, 0.1) is 0 Å². The van der Waals surface area contributed by atoms with E-state index in [1.807, 2.05) is 0 Å². The molecule has 118 valence electrons. The fourth-order valence-corrected chi connectivity index (χ4v) is 2.33. The molecule has 1 aliphatic rings. The van der Waals surface area contributed by atoms with Crippen molar-refractivity contribution in [2.75, 3.05) is 7.11 Å². The lowest BCUT2D eigenvalue weighted by atomic mass is 10.1. The predicted molar refractivity (Wildman–Crippen MR) is 76.0 cm³/mol. The SMILES string of the molecule is COC(C(=O)ON1C(=O)c2ccccc2C1=O)c1cnn(C)c1. The normalized spacial score (nSPS) is 14.8. The number of ether oxygens (including phenoxy) is 1. The topological polar surface area (TPSA) is 90.7 Å². The van der Waals surface area contributed by atoms with Crippen molar-refractivity contribution < 1.29 is 24.0 Å². The minimum absolute atomic E-state index is 0.195. The van der Waals surface area contributed by atoms with Crippen LogP contribution in [0.3, 0.4) is 0 Å². The maximum Gasteiger partial charge on any atom is 0.366 e. The van der Waals surface area contributed by atoms with Gasteiger partial charge < -0.3 is 9.57 Å². The van der Waals surface area contributed by atoms with Gasteiger partial charge in [0.2, 0.25) is 0 Å². The van der Waals surface area contributed by atoms with Gasteiger partial charge in [0, 0.05) is 25.9 Å². The minimum Gasteiger partial charge on any atom is -0.365 e. The number of methoxy groups -OCH3 is 1. The molecule has 1 unspecified atom stereocenters. The number of nitrogens with zero attached hydrogens (tertiary/aromatic N) is 3. The molecular formula is C15H13N3O5. The van der Waals surface area contributed by atoms with Gasteiger partial charge in [-0.2, -0.15) is 5.10 Å². The Hall–Kier alpha value is -3.00. The van der Waals surface area contributed by atoms with Crippen LogP contribution in [0.25, 0.3) is 0 Å². The highest BCUT2D eigenvalue weighted by atomic mass is 16.7. The quantitative estimate of drug-likeness (QED) is 0.777. The average Bonchev–Trinajstić information content (AvgIpc) is 3.06. The third kappa shape index (κ3) is 2.49. The molecule has 1 aromatic carbocycles. The highest BCUT2D eigenvalue weighted by Crippen LogP contribution is 2.25. The first-order valence-electron chi connectivity index (χ1n) is 6.74. The molecule has 2 amide bonds. The van der Waals surface area contributed by atoms with E-state index < -0.39 is 23.9 Å². The molecule has 1 aliphatic heterocycles. The summed E-state index contributed by atoms with van der Waals surface area (Å²) in [6.45, 7) is 0. The first-order chi connectivity index (χ1) is 11.0. The number of aryl methyl sites for hydroxylation is 1. The van der Waals surface area contributed by atoms with Crippen molar-refractivity contribution >= 4 is 17.8 Å². The van der Waals surface area contributed by atoms with E-state index in [1.54, 1.807) is 25.4 Å². The van der Waals surface area contributed by atoms with Crippen LogP contribution in [-0.4, -0.2) is 39.7 Å². The molecule has 1 aromatic heterocycles. The first-order valence-corrected chi connectivity index (χ1v) is 6.74. The summed E-state index contributed by atoms with van der Waals surface area (Å²) in [4.78, 5) is 41.5. The Morgan fingerprint density at radius 2 is 1.78 bits per heavy atom. The first kappa shape index (κ1) is 14.9. The molecule has 8 heteroatoms. The molecule has 0 saturated carbocycles. The molecule has 23 heavy (non-hydrogen) atoms. The molecule has 3 rings (SSSR count). The number of carbonyl (C=O) groups excluding carboxylic acids is 3. The van der Waals surface area contributed by atoms with Gasteiger partial charge in [0.15, 0.2) is 6.10 Å². The van der Waals surface area contributed by atoms with Crippen LogP contribution in [0.15, 0.2) is 36.7 Å². The van der Waals surface area contributed by atoms with E-state index in [0.717, 1.165) is 0 Å². The minimum atomic E-state index is -1.09. The average molecular weight is 315 g/mol. The fraction of sp³-hybridized carbons (Fsp3) is 0.200. The summed E-state index contributed by atoms with van der Waals surface area (Å²) in [7, 11) is 3.01. The highest BCUT2D eigenvalue weighted by molar-refractivity contribution is 6.20. The van der Waals surface area contributed by atoms with Crippen molar-refractivity contribution in [3.8, 4) is 0 Å². The lowest BCUT2D eigenvalue weighted by Gasteiger charge is -2.17. The number of hydrogen-bond acceptors (Lipinski definition) is 6. The number of imide groups is 1. The zero-order valence-corrected chi connectivity index (χ0v) is 12.4. The second kappa shape index (κ2) is 5.65. The summed E-state index contributed by atoms with van der Waals surface area (Å²) in [6, 6.07) is 6.25. The van der Waals surface area contributed by atoms with Crippen LogP contribution in [0.5, 0.6) is 0 Å². The summed E-state index contributed by atoms with van der Waals surface area (Å²) in [5.41, 5.74) is 0.845. The van der Waals surface area contributed by atoms with Gasteiger partial charge in [-0.1, -0.05) is 17.2 Å². The smallest absolute Gasteiger partial charge is 0.365 e. The molecule has 0 spiro atoms. The molecule has 1 atom stereocenters. The monoisotopic (exact) mass is 315 g/mol. The van der Waals surface area contributed by atoms with Gasteiger partial charge in [-0.25, -0.2) is 4.79 Å². The summed E-state index contributed by atoms with van der Waals surface area (Å²) in [5, 5.41) is 4.40. The maximum absolute atomic E-state index is 12.3. The standard InChI is InChI=1S/C15H13N3O5/c1-17-8-9(7-16-17)12(22-2)15(21)23-18-13(19)10-5-3-4-6-11(10)14(18)20/h3-8,12H,1-2H3. The predicted octanol–water partition coefficient (Wildman–Crippen LogP) is 0.862. The van der Waals surface area contributed by atoms with E-state index in [-0.39, 0.29) is 11.1 Å². The summed E-state index contributed by atoms with van der Waals surface area (Å²) < 4.78 is 6.59. The molecular weight excluding hydrogens is 302 g/mol. The van der Waals surface area contributed by atoms with E-state index >= 15 is 0 Å². The molecule has 0 aliphatic carbocycles. The van der Waals surface area contributed by atoms with Gasteiger partial charge >= 0.3 is 5.97 Å². The van der Waals surface area contributed by atoms with Crippen LogP contribution in [0.2, 0.25) is 0 Å². The Labute approximate surface area is 131 Å². The molecule has 0 saturated heterocycles. The number of carbonyl (C=O) groups is 3. The molecule has 0 N–H and O–H groups in total. The van der Waals surface area contributed by atoms with E-state index in [1.165, 1.54) is 30.1 Å². The third-order valence-electron chi connectivity index (χ3n) is 3.42. The number of rotatable bonds is 4. The van der Waals surface area contributed by atoms with Crippen molar-refractivity contribution in [3.63, 3.8) is 0 Å². The van der Waals surface area contributed by atoms with Crippen LogP contribution in [0.4, 0.5) is 0 Å². The number of hydrogen-bond donors (Lipinski definition) is 0. The zero-order valence-electron chi connectivity index (χ0n) is 12.4. The van der Waals surface area contributed by atoms with E-state index in [0.29, 0.717) is 10.6 Å². The molecule has 0 radical (unpaired) electrons. The van der Waals surface area contributed by atoms with Crippen molar-refractivity contribution in [1.29, 1.82) is 0 Å². The third-order valence-corrected chi connectivity index (χ3v) is 3.42. The Morgan fingerprint density at radius 1 is 1.17 bits per heavy atom. The highest BCUT2D eigenvalue weighted by Gasteiger charge is 2.40. The Morgan fingerprint density at radius 3 is 2.26 bits per heavy atom. The van der Waals surface area contributed by atoms with Gasteiger partial charge in [-0.15, -0.1) is 0 Å². The van der Waals surface area contributed by atoms with Gasteiger partial charge in [-0.05, 0) is 12.1 Å². The lowest BCUT2D eigenvalue weighted by Crippen LogP contribution is -2.35. The van der Waals surface area contributed by atoms with Crippen molar-refractivity contribution in [3.05, 3.63) is 53.3 Å². The summed E-state index contributed by atoms with van der Waals surface area (Å²) in [5.74, 6) is -2.24. The van der Waals surface area contributed by atoms with Crippen LogP contribution >= 0.6 is 0 Å². The van der Waals surface area contributed by atoms with Crippen molar-refractivity contribution in [1.82, 2.24) is 14.8 Å². The zero-order chi connectivity index (χ0) is 16.6. The van der Waals surface area contributed by atoms with E-state index in [4.69, 9.17) is 9.57 Å². The van der Waals surface area contributed by atoms with Crippen LogP contribution < -0.4 is 0 Å². The van der Waals surface area contributed by atoms with Gasteiger partial charge in [0.1, 0.15) is 0 Å². The summed E-state index contributed by atoms with van der Waals surface area (Å²) >= 11 is 0. The van der Waals surface area contributed by atoms with Gasteiger partial charge in [0.05, 0.1) is 17.3 Å². The second-order valence-electron chi connectivity index (χ2n) is 4.92. The van der Waals surface area contributed by atoms with Crippen LogP contribution in [-0.2, 0) is 21.4 Å². The van der Waals surface area contributed by atoms with E-state index in [2.05, 4.69) is 5.10 Å². The fourth-order valence-electron chi connectivity index (χ4n) is 2.33. The van der Waals surface area contributed by atoms with Crippen molar-refractivity contribution in [2.45, 2.75) is 6.10 Å². The number of amides is 2. The number of fused-ring (bicyclic) bond motifs is 1. The Kier molecular flexibility index (Phi) is 3.67. The number of hydroxylamine groups is 2. The van der Waals surface area contributed by atoms with Crippen molar-refractivity contribution in [2.24, 2.45) is 7.05 Å². The molecule has 0 fully saturated rings. The lowest BCUT2D eigenvalue weighted by molar-refractivity contribution is -0.180. The summed E-state index contributed by atoms with van der Waals surface area (Å²) in [6.07, 6.45) is 1.93. The van der Waals surface area contributed by atoms with Gasteiger partial charge in [-0.3, -0.25) is 14.3 Å². The molecule has 2 aromatic rings. The Balaban J connectivity index is 1.81. The van der Waals surface area contributed by atoms with Gasteiger partial charge in [0.25, 0.3) is 11.8 Å².